The van der Waals surface area contributed by atoms with Gasteiger partial charge in [0, 0.05) is 6.42 Å². The van der Waals surface area contributed by atoms with Gasteiger partial charge in [0.1, 0.15) is 6.10 Å². The Morgan fingerprint density at radius 3 is 2.58 bits per heavy atom. The fourth-order valence-corrected chi connectivity index (χ4v) is 0.495. The molecule has 0 rings (SSSR count). The molecule has 0 aromatic rings. The Hall–Kier alpha value is -0.940. The lowest BCUT2D eigenvalue weighted by Gasteiger charge is -2.03. The number of aliphatic hydroxyl groups excluding tert-OH is 1. The third-order valence-corrected chi connectivity index (χ3v) is 1.14. The lowest BCUT2D eigenvalue weighted by Crippen LogP contribution is -2.23. The molecule has 12 heavy (non-hydrogen) atoms. The number of aliphatic hydroxyl groups is 1. The molecule has 5 nitrogen and oxygen atoms in total. The van der Waals surface area contributed by atoms with E-state index < -0.39 is 18.0 Å². The Morgan fingerprint density at radius 1 is 1.58 bits per heavy atom. The molecule has 70 valence electrons. The highest BCUT2D eigenvalue weighted by Crippen LogP contribution is 1.94. The van der Waals surface area contributed by atoms with Gasteiger partial charge < -0.3 is 15.6 Å². The highest BCUT2D eigenvalue weighted by Gasteiger charge is 2.14. The van der Waals surface area contributed by atoms with Crippen molar-refractivity contribution in [2.75, 3.05) is 6.54 Å². The van der Waals surface area contributed by atoms with Crippen molar-refractivity contribution in [3.63, 3.8) is 0 Å². The molecule has 0 aromatic carbocycles. The Labute approximate surface area is 70.5 Å². The van der Waals surface area contributed by atoms with Gasteiger partial charge in [-0.15, -0.1) is 0 Å². The maximum absolute atomic E-state index is 10.7. The average Bonchev–Trinajstić information content (AvgIpc) is 2.00. The molecule has 3 N–H and O–H groups in total. The summed E-state index contributed by atoms with van der Waals surface area (Å²) < 4.78 is 4.23. The number of carbonyl (C=O) groups is 2. The van der Waals surface area contributed by atoms with Gasteiger partial charge in [-0.05, 0) is 19.9 Å². The zero-order chi connectivity index (χ0) is 9.56. The molecule has 1 atom stereocenters. The summed E-state index contributed by atoms with van der Waals surface area (Å²) in [7, 11) is 0. The van der Waals surface area contributed by atoms with E-state index >= 15 is 0 Å². The zero-order valence-corrected chi connectivity index (χ0v) is 6.95. The average molecular weight is 175 g/mol. The molecule has 5 heteroatoms. The van der Waals surface area contributed by atoms with Gasteiger partial charge in [-0.2, -0.15) is 0 Å². The second kappa shape index (κ2) is 5.68. The molecule has 0 heterocycles. The van der Waals surface area contributed by atoms with E-state index in [4.69, 9.17) is 10.8 Å². The van der Waals surface area contributed by atoms with Gasteiger partial charge in [0.25, 0.3) is 0 Å². The normalized spacial score (nSPS) is 12.2. The van der Waals surface area contributed by atoms with Crippen LogP contribution in [-0.2, 0) is 14.3 Å². The monoisotopic (exact) mass is 175 g/mol. The number of nitrogens with two attached hydrogens (primary N) is 1. The van der Waals surface area contributed by atoms with Gasteiger partial charge in [-0.1, -0.05) is 0 Å². The Balaban J connectivity index is 3.62. The topological polar surface area (TPSA) is 89.6 Å². The highest BCUT2D eigenvalue weighted by atomic mass is 16.6. The van der Waals surface area contributed by atoms with Crippen molar-refractivity contribution in [3.05, 3.63) is 0 Å². The predicted octanol–water partition coefficient (Wildman–Crippen LogP) is -0.824. The van der Waals surface area contributed by atoms with Gasteiger partial charge >= 0.3 is 11.9 Å². The van der Waals surface area contributed by atoms with Crippen molar-refractivity contribution in [1.82, 2.24) is 0 Å². The largest absolute Gasteiger partial charge is 0.391 e. The maximum Gasteiger partial charge on any atom is 0.342 e. The standard InChI is InChI=1S/C7H13NO4/c1-5(9)7(11)12-6(10)3-2-4-8/h5,9H,2-4,8H2,1H3. The van der Waals surface area contributed by atoms with Crippen LogP contribution in [0.25, 0.3) is 0 Å². The first-order valence-corrected chi connectivity index (χ1v) is 3.70. The fraction of sp³-hybridized carbons (Fsp3) is 0.714. The Bertz CT molecular complexity index is 167. The molecule has 0 aliphatic rings. The lowest BCUT2D eigenvalue weighted by atomic mass is 10.3. The third kappa shape index (κ3) is 4.81. The number of carbonyl (C=O) groups excluding carboxylic acids is 2. The van der Waals surface area contributed by atoms with Crippen LogP contribution in [0.2, 0.25) is 0 Å². The van der Waals surface area contributed by atoms with E-state index in [0.29, 0.717) is 13.0 Å². The summed E-state index contributed by atoms with van der Waals surface area (Å²) >= 11 is 0. The molecule has 0 fully saturated rings. The van der Waals surface area contributed by atoms with Crippen LogP contribution in [0.3, 0.4) is 0 Å². The second-order valence-corrected chi connectivity index (χ2v) is 2.36. The van der Waals surface area contributed by atoms with E-state index in [2.05, 4.69) is 4.74 Å². The second-order valence-electron chi connectivity index (χ2n) is 2.36. The van der Waals surface area contributed by atoms with Crippen LogP contribution >= 0.6 is 0 Å². The number of rotatable bonds is 4. The number of ether oxygens (including phenoxy) is 1. The molecule has 0 amide bonds. The third-order valence-electron chi connectivity index (χ3n) is 1.14. The first-order chi connectivity index (χ1) is 5.57. The summed E-state index contributed by atoms with van der Waals surface area (Å²) in [5.41, 5.74) is 5.13. The van der Waals surface area contributed by atoms with E-state index in [1.807, 2.05) is 0 Å². The van der Waals surface area contributed by atoms with Crippen molar-refractivity contribution in [2.24, 2.45) is 5.73 Å². The Morgan fingerprint density at radius 2 is 2.17 bits per heavy atom. The summed E-state index contributed by atoms with van der Waals surface area (Å²) in [4.78, 5) is 21.3. The van der Waals surface area contributed by atoms with E-state index in [1.165, 1.54) is 6.92 Å². The summed E-state index contributed by atoms with van der Waals surface area (Å²) in [5, 5.41) is 8.64. The summed E-state index contributed by atoms with van der Waals surface area (Å²) in [5.74, 6) is -1.57. The van der Waals surface area contributed by atoms with Crippen LogP contribution in [0.5, 0.6) is 0 Å². The van der Waals surface area contributed by atoms with E-state index in [1.54, 1.807) is 0 Å². The van der Waals surface area contributed by atoms with Gasteiger partial charge in [0.2, 0.25) is 0 Å². The van der Waals surface area contributed by atoms with Gasteiger partial charge in [0.15, 0.2) is 0 Å². The SMILES string of the molecule is CC(O)C(=O)OC(=O)CCCN. The zero-order valence-electron chi connectivity index (χ0n) is 6.95. The molecule has 0 saturated carbocycles. The molecule has 0 saturated heterocycles. The number of hydrogen-bond donors (Lipinski definition) is 2. The molecule has 0 radical (unpaired) electrons. The van der Waals surface area contributed by atoms with Crippen molar-refractivity contribution in [3.8, 4) is 0 Å². The van der Waals surface area contributed by atoms with Crippen molar-refractivity contribution in [1.29, 1.82) is 0 Å². The Kier molecular flexibility index (Phi) is 5.23. The fourth-order valence-electron chi connectivity index (χ4n) is 0.495. The van der Waals surface area contributed by atoms with Crippen LogP contribution in [0, 0.1) is 0 Å². The van der Waals surface area contributed by atoms with Crippen molar-refractivity contribution in [2.45, 2.75) is 25.9 Å². The van der Waals surface area contributed by atoms with Crippen molar-refractivity contribution < 1.29 is 19.4 Å². The molecule has 0 aliphatic heterocycles. The molecular formula is C7H13NO4. The smallest absolute Gasteiger partial charge is 0.342 e. The summed E-state index contributed by atoms with van der Waals surface area (Å²) in [6.07, 6.45) is -0.673. The van der Waals surface area contributed by atoms with Crippen LogP contribution in [0.1, 0.15) is 19.8 Å². The van der Waals surface area contributed by atoms with Gasteiger partial charge in [-0.25, -0.2) is 4.79 Å². The van der Waals surface area contributed by atoms with E-state index in [9.17, 15) is 9.59 Å². The summed E-state index contributed by atoms with van der Waals surface area (Å²) in [6.45, 7) is 1.61. The summed E-state index contributed by atoms with van der Waals surface area (Å²) in [6, 6.07) is 0. The number of hydrogen-bond acceptors (Lipinski definition) is 5. The first kappa shape index (κ1) is 11.1. The molecule has 0 aliphatic carbocycles. The molecule has 0 aromatic heterocycles. The minimum absolute atomic E-state index is 0.106. The van der Waals surface area contributed by atoms with E-state index in [0.717, 1.165) is 0 Å². The van der Waals surface area contributed by atoms with Gasteiger partial charge in [-0.3, -0.25) is 4.79 Å². The molecule has 1 unspecified atom stereocenters. The minimum atomic E-state index is -1.26. The van der Waals surface area contributed by atoms with Crippen LogP contribution in [0.4, 0.5) is 0 Å². The van der Waals surface area contributed by atoms with Crippen LogP contribution in [-0.4, -0.2) is 29.7 Å². The maximum atomic E-state index is 10.7. The first-order valence-electron chi connectivity index (χ1n) is 3.70. The van der Waals surface area contributed by atoms with Gasteiger partial charge in [0.05, 0.1) is 0 Å². The lowest BCUT2D eigenvalue weighted by molar-refractivity contribution is -0.165. The van der Waals surface area contributed by atoms with Crippen LogP contribution in [0.15, 0.2) is 0 Å². The van der Waals surface area contributed by atoms with Crippen molar-refractivity contribution >= 4 is 11.9 Å². The highest BCUT2D eigenvalue weighted by molar-refractivity contribution is 5.87. The predicted molar refractivity (Wildman–Crippen MR) is 41.1 cm³/mol. The number of esters is 2. The molecule has 0 spiro atoms. The minimum Gasteiger partial charge on any atom is -0.391 e. The van der Waals surface area contributed by atoms with E-state index in [-0.39, 0.29) is 6.42 Å². The van der Waals surface area contributed by atoms with Crippen LogP contribution < -0.4 is 5.73 Å². The quantitative estimate of drug-likeness (QED) is 0.430. The molecular weight excluding hydrogens is 162 g/mol. The molecule has 0 bridgehead atoms.